The third-order valence-electron chi connectivity index (χ3n) is 5.39. The van der Waals surface area contributed by atoms with Crippen LogP contribution in [0.2, 0.25) is 0 Å². The number of carbonyl (C=O) groups excluding carboxylic acids is 2. The molecule has 1 atom stereocenters. The van der Waals surface area contributed by atoms with E-state index in [0.29, 0.717) is 12.1 Å². The maximum Gasteiger partial charge on any atom is 0.497 e. The van der Waals surface area contributed by atoms with E-state index in [9.17, 15) is 14.0 Å². The number of benzene rings is 1. The van der Waals surface area contributed by atoms with Crippen molar-refractivity contribution in [3.8, 4) is 0 Å². The number of cyclic esters (lactones) is 1. The van der Waals surface area contributed by atoms with Crippen molar-refractivity contribution in [2.75, 3.05) is 11.4 Å². The lowest BCUT2D eigenvalue weighted by atomic mass is 9.78. The van der Waals surface area contributed by atoms with Gasteiger partial charge in [0.05, 0.1) is 23.4 Å². The van der Waals surface area contributed by atoms with Gasteiger partial charge in [0.15, 0.2) is 0 Å². The molecule has 2 aliphatic heterocycles. The molecule has 0 saturated carbocycles. The third kappa shape index (κ3) is 3.79. The molecule has 0 unspecified atom stereocenters. The van der Waals surface area contributed by atoms with Crippen LogP contribution < -0.4 is 16.1 Å². The zero-order valence-electron chi connectivity index (χ0n) is 16.0. The molecule has 2 fully saturated rings. The molecule has 0 spiro atoms. The molecule has 2 amide bonds. The average molecular weight is 378 g/mol. The van der Waals surface area contributed by atoms with Crippen LogP contribution in [0.1, 0.15) is 40.5 Å². The number of hydrogen-bond acceptors (Lipinski definition) is 5. The number of nitrogens with zero attached hydrogens (tertiary/aromatic N) is 1. The predicted octanol–water partition coefficient (Wildman–Crippen LogP) is 1.72. The Hall–Kier alpha value is -2.13. The largest absolute Gasteiger partial charge is 0.497 e. The first-order valence-electron chi connectivity index (χ1n) is 8.92. The van der Waals surface area contributed by atoms with Crippen molar-refractivity contribution in [2.24, 2.45) is 5.73 Å². The highest BCUT2D eigenvalue weighted by Gasteiger charge is 2.52. The second-order valence-electron chi connectivity index (χ2n) is 7.92. The van der Waals surface area contributed by atoms with Gasteiger partial charge in [-0.1, -0.05) is 6.07 Å². The van der Waals surface area contributed by atoms with E-state index < -0.39 is 42.2 Å². The van der Waals surface area contributed by atoms with E-state index in [2.05, 4.69) is 0 Å². The van der Waals surface area contributed by atoms with Gasteiger partial charge in [-0.2, -0.15) is 0 Å². The first-order valence-corrected chi connectivity index (χ1v) is 8.92. The number of halogens is 1. The fourth-order valence-corrected chi connectivity index (χ4v) is 3.03. The van der Waals surface area contributed by atoms with E-state index in [0.717, 1.165) is 0 Å². The Morgan fingerprint density at radius 1 is 1.30 bits per heavy atom. The van der Waals surface area contributed by atoms with E-state index in [1.165, 1.54) is 11.0 Å². The molecule has 0 aliphatic carbocycles. The molecule has 1 aromatic rings. The lowest BCUT2D eigenvalue weighted by Gasteiger charge is -2.32. The van der Waals surface area contributed by atoms with E-state index in [4.69, 9.17) is 19.8 Å². The zero-order valence-corrected chi connectivity index (χ0v) is 16.0. The summed E-state index contributed by atoms with van der Waals surface area (Å²) in [5.74, 6) is -0.985. The molecule has 0 aromatic heterocycles. The fraction of sp³-hybridized carbons (Fsp3) is 0.556. The van der Waals surface area contributed by atoms with Crippen molar-refractivity contribution in [1.82, 2.24) is 0 Å². The summed E-state index contributed by atoms with van der Waals surface area (Å²) in [5, 5.41) is 0. The number of anilines is 1. The molecular weight excluding hydrogens is 354 g/mol. The van der Waals surface area contributed by atoms with Crippen LogP contribution in [0, 0.1) is 5.82 Å². The van der Waals surface area contributed by atoms with Gasteiger partial charge in [0.2, 0.25) is 5.91 Å². The van der Waals surface area contributed by atoms with Gasteiger partial charge in [0.1, 0.15) is 11.9 Å². The van der Waals surface area contributed by atoms with Gasteiger partial charge < -0.3 is 19.8 Å². The van der Waals surface area contributed by atoms with Gasteiger partial charge in [-0.15, -0.1) is 0 Å². The van der Waals surface area contributed by atoms with Crippen molar-refractivity contribution < 1.29 is 28.0 Å². The molecule has 3 rings (SSSR count). The SMILES string of the molecule is CC1(C)OB(c2ccc(N3C[C@H](CCC(N)=O)OC3=O)cc2F)OC1(C)C. The minimum atomic E-state index is -0.821. The Balaban J connectivity index is 1.74. The summed E-state index contributed by atoms with van der Waals surface area (Å²) in [6.45, 7) is 7.82. The third-order valence-corrected chi connectivity index (χ3v) is 5.39. The van der Waals surface area contributed by atoms with E-state index in [1.807, 2.05) is 27.7 Å². The maximum absolute atomic E-state index is 14.7. The van der Waals surface area contributed by atoms with Crippen LogP contribution in [0.15, 0.2) is 18.2 Å². The van der Waals surface area contributed by atoms with Crippen molar-refractivity contribution in [3.05, 3.63) is 24.0 Å². The minimum absolute atomic E-state index is 0.126. The summed E-state index contributed by atoms with van der Waals surface area (Å²) in [6.07, 6.45) is -0.560. The molecule has 0 bridgehead atoms. The average Bonchev–Trinajstić information content (AvgIpc) is 3.01. The molecule has 0 radical (unpaired) electrons. The summed E-state index contributed by atoms with van der Waals surface area (Å²) in [7, 11) is -0.821. The molecule has 2 saturated heterocycles. The number of primary amides is 1. The lowest BCUT2D eigenvalue weighted by Crippen LogP contribution is -2.41. The molecule has 7 nitrogen and oxygen atoms in total. The number of hydrogen-bond donors (Lipinski definition) is 1. The lowest BCUT2D eigenvalue weighted by molar-refractivity contribution is -0.118. The summed E-state index contributed by atoms with van der Waals surface area (Å²) < 4.78 is 31.7. The molecule has 9 heteroatoms. The van der Waals surface area contributed by atoms with Crippen LogP contribution >= 0.6 is 0 Å². The second-order valence-corrected chi connectivity index (χ2v) is 7.92. The van der Waals surface area contributed by atoms with Gasteiger partial charge in [-0.3, -0.25) is 9.69 Å². The summed E-state index contributed by atoms with van der Waals surface area (Å²) in [6, 6.07) is 4.44. The summed E-state index contributed by atoms with van der Waals surface area (Å²) >= 11 is 0. The highest BCUT2D eigenvalue weighted by Crippen LogP contribution is 2.37. The first-order chi connectivity index (χ1) is 12.5. The molecule has 1 aromatic carbocycles. The highest BCUT2D eigenvalue weighted by molar-refractivity contribution is 6.62. The highest BCUT2D eigenvalue weighted by atomic mass is 19.1. The number of nitrogens with two attached hydrogens (primary N) is 1. The molecule has 27 heavy (non-hydrogen) atoms. The molecule has 2 heterocycles. The summed E-state index contributed by atoms with van der Waals surface area (Å²) in [5.41, 5.74) is 4.62. The number of ether oxygens (including phenoxy) is 1. The van der Waals surface area contributed by atoms with Crippen LogP contribution in [0.25, 0.3) is 0 Å². The Morgan fingerprint density at radius 3 is 2.48 bits per heavy atom. The monoisotopic (exact) mass is 378 g/mol. The van der Waals surface area contributed by atoms with Crippen LogP contribution in [0.5, 0.6) is 0 Å². The van der Waals surface area contributed by atoms with Crippen molar-refractivity contribution in [1.29, 1.82) is 0 Å². The van der Waals surface area contributed by atoms with Crippen LogP contribution in [-0.2, 0) is 18.8 Å². The van der Waals surface area contributed by atoms with Crippen LogP contribution in [0.4, 0.5) is 14.9 Å². The van der Waals surface area contributed by atoms with Crippen molar-refractivity contribution in [3.63, 3.8) is 0 Å². The van der Waals surface area contributed by atoms with Gasteiger partial charge in [-0.05, 0) is 46.2 Å². The van der Waals surface area contributed by atoms with Crippen LogP contribution in [0.3, 0.4) is 0 Å². The Morgan fingerprint density at radius 2 is 1.93 bits per heavy atom. The molecule has 146 valence electrons. The van der Waals surface area contributed by atoms with E-state index in [-0.39, 0.29) is 18.4 Å². The maximum atomic E-state index is 14.7. The van der Waals surface area contributed by atoms with Gasteiger partial charge in [0, 0.05) is 11.9 Å². The Labute approximate surface area is 158 Å². The smallest absolute Gasteiger partial charge is 0.444 e. The van der Waals surface area contributed by atoms with Crippen molar-refractivity contribution >= 4 is 30.3 Å². The van der Waals surface area contributed by atoms with Gasteiger partial charge in [0.25, 0.3) is 0 Å². The normalized spacial score (nSPS) is 23.6. The zero-order chi connectivity index (χ0) is 20.0. The van der Waals surface area contributed by atoms with E-state index >= 15 is 0 Å². The van der Waals surface area contributed by atoms with Gasteiger partial charge >= 0.3 is 13.2 Å². The summed E-state index contributed by atoms with van der Waals surface area (Å²) in [4.78, 5) is 24.3. The van der Waals surface area contributed by atoms with Crippen molar-refractivity contribution in [2.45, 2.75) is 57.8 Å². The second kappa shape index (κ2) is 6.80. The first kappa shape index (κ1) is 19.6. The van der Waals surface area contributed by atoms with Crippen LogP contribution in [-0.4, -0.2) is 43.0 Å². The number of carbonyl (C=O) groups is 2. The standard InChI is InChI=1S/C18H24BFN2O5/c1-17(2)18(3,4)27-19(26-17)13-7-5-11(9-14(13)20)22-10-12(25-16(22)24)6-8-15(21)23/h5,7,9,12H,6,8,10H2,1-4H3,(H2,21,23)/t12-/m0/s1. The Bertz CT molecular complexity index is 754. The number of rotatable bonds is 5. The molecule has 2 aliphatic rings. The quantitative estimate of drug-likeness (QED) is 0.788. The fourth-order valence-electron chi connectivity index (χ4n) is 3.03. The minimum Gasteiger partial charge on any atom is -0.444 e. The predicted molar refractivity (Wildman–Crippen MR) is 98.2 cm³/mol. The topological polar surface area (TPSA) is 91.1 Å². The number of amides is 2. The molecular formula is C18H24BFN2O5. The van der Waals surface area contributed by atoms with E-state index in [1.54, 1.807) is 12.1 Å². The molecule has 2 N–H and O–H groups in total. The van der Waals surface area contributed by atoms with Gasteiger partial charge in [-0.25, -0.2) is 9.18 Å². The Kier molecular flexibility index (Phi) is 4.94.